The molecule has 0 fully saturated rings. The first-order valence-electron chi connectivity index (χ1n) is 8.33. The Balaban J connectivity index is 2.42. The molecule has 0 atom stereocenters. The van der Waals surface area contributed by atoms with Crippen LogP contribution in [0.15, 0.2) is 42.5 Å². The van der Waals surface area contributed by atoms with Gasteiger partial charge in [-0.05, 0) is 38.5 Å². The molecule has 0 amide bonds. The molecule has 0 spiro atoms. The van der Waals surface area contributed by atoms with E-state index in [-0.39, 0.29) is 28.5 Å². The van der Waals surface area contributed by atoms with Crippen LogP contribution in [0.5, 0.6) is 5.75 Å². The van der Waals surface area contributed by atoms with Gasteiger partial charge in [0.25, 0.3) is 0 Å². The third-order valence-electron chi connectivity index (χ3n) is 4.05. The third kappa shape index (κ3) is 3.99. The number of carboxylic acid groups (broad SMARTS) is 1. The molecule has 132 valence electrons. The minimum atomic E-state index is -1.17. The van der Waals surface area contributed by atoms with Crippen molar-refractivity contribution in [1.29, 1.82) is 0 Å². The first-order chi connectivity index (χ1) is 11.9. The summed E-state index contributed by atoms with van der Waals surface area (Å²) in [4.78, 5) is 26.1. The number of anilines is 1. The Bertz CT molecular complexity index is 783. The van der Waals surface area contributed by atoms with Gasteiger partial charge in [-0.3, -0.25) is 4.79 Å². The molecule has 0 bridgehead atoms. The van der Waals surface area contributed by atoms with Crippen molar-refractivity contribution in [3.05, 3.63) is 59.2 Å². The average Bonchev–Trinajstić information content (AvgIpc) is 2.58. The topological polar surface area (TPSA) is 77.8 Å². The number of ketones is 1. The zero-order valence-corrected chi connectivity index (χ0v) is 14.7. The predicted molar refractivity (Wildman–Crippen MR) is 97.7 cm³/mol. The Morgan fingerprint density at radius 1 is 1.04 bits per heavy atom. The van der Waals surface area contributed by atoms with Crippen molar-refractivity contribution in [2.75, 3.05) is 11.4 Å². The summed E-state index contributed by atoms with van der Waals surface area (Å²) >= 11 is 0. The molecule has 0 radical (unpaired) electrons. The number of aromatic carboxylic acids is 1. The van der Waals surface area contributed by atoms with Crippen LogP contribution in [0.25, 0.3) is 0 Å². The molecule has 2 aromatic carbocycles. The molecule has 0 aliphatic heterocycles. The smallest absolute Gasteiger partial charge is 0.336 e. The second kappa shape index (κ2) is 7.83. The van der Waals surface area contributed by atoms with Gasteiger partial charge in [-0.25, -0.2) is 4.79 Å². The number of nitrogens with zero attached hydrogens (tertiary/aromatic N) is 1. The van der Waals surface area contributed by atoms with E-state index in [4.69, 9.17) is 0 Å². The molecule has 25 heavy (non-hydrogen) atoms. The minimum Gasteiger partial charge on any atom is -0.507 e. The second-order valence-electron chi connectivity index (χ2n) is 6.17. The number of hydrogen-bond donors (Lipinski definition) is 2. The fourth-order valence-electron chi connectivity index (χ4n) is 2.83. The number of hydrogen-bond acceptors (Lipinski definition) is 4. The lowest BCUT2D eigenvalue weighted by Crippen LogP contribution is -2.31. The second-order valence-corrected chi connectivity index (χ2v) is 6.17. The summed E-state index contributed by atoms with van der Waals surface area (Å²) in [5, 5.41) is 19.6. The molecule has 2 rings (SSSR count). The maximum Gasteiger partial charge on any atom is 0.336 e. The third-order valence-corrected chi connectivity index (χ3v) is 4.05. The molecule has 2 aromatic rings. The highest BCUT2D eigenvalue weighted by Crippen LogP contribution is 2.28. The van der Waals surface area contributed by atoms with E-state index in [9.17, 15) is 19.8 Å². The first-order valence-corrected chi connectivity index (χ1v) is 8.33. The molecule has 2 N–H and O–H groups in total. The van der Waals surface area contributed by atoms with Gasteiger partial charge in [0, 0.05) is 29.9 Å². The maximum atomic E-state index is 12.7. The molecular weight excluding hydrogens is 318 g/mol. The molecule has 5 heteroatoms. The number of phenolic OH excluding ortho intramolecular Hbond substituents is 1. The van der Waals surface area contributed by atoms with Crippen LogP contribution in [-0.2, 0) is 0 Å². The zero-order chi connectivity index (χ0) is 18.6. The molecule has 0 heterocycles. The highest BCUT2D eigenvalue weighted by molar-refractivity contribution is 6.15. The largest absolute Gasteiger partial charge is 0.507 e. The van der Waals surface area contributed by atoms with Crippen LogP contribution in [0.3, 0.4) is 0 Å². The van der Waals surface area contributed by atoms with Crippen molar-refractivity contribution < 1.29 is 19.8 Å². The zero-order valence-electron chi connectivity index (χ0n) is 14.7. The molecule has 0 aromatic heterocycles. The fraction of sp³-hybridized carbons (Fsp3) is 0.300. The van der Waals surface area contributed by atoms with Crippen molar-refractivity contribution >= 4 is 17.4 Å². The van der Waals surface area contributed by atoms with Crippen LogP contribution in [-0.4, -0.2) is 34.6 Å². The highest BCUT2D eigenvalue weighted by Gasteiger charge is 2.21. The standard InChI is InChI=1S/C20H23NO4/c1-4-11-21(13(2)3)14-9-10-17(18(22)12-14)19(23)15-7-5-6-8-16(15)20(24)25/h5-10,12-13,22H,4,11H2,1-3H3,(H,24,25). The van der Waals surface area contributed by atoms with Gasteiger partial charge < -0.3 is 15.1 Å². The van der Waals surface area contributed by atoms with Crippen LogP contribution in [0.4, 0.5) is 5.69 Å². The molecule has 0 saturated carbocycles. The van der Waals surface area contributed by atoms with E-state index in [2.05, 4.69) is 25.7 Å². The van der Waals surface area contributed by atoms with E-state index in [1.807, 2.05) is 0 Å². The van der Waals surface area contributed by atoms with Gasteiger partial charge in [0.2, 0.25) is 0 Å². The monoisotopic (exact) mass is 341 g/mol. The Labute approximate surface area is 147 Å². The molecule has 0 unspecified atom stereocenters. The van der Waals surface area contributed by atoms with Gasteiger partial charge in [0.05, 0.1) is 11.1 Å². The first kappa shape index (κ1) is 18.5. The number of rotatable bonds is 7. The summed E-state index contributed by atoms with van der Waals surface area (Å²) in [7, 11) is 0. The number of phenols is 1. The quantitative estimate of drug-likeness (QED) is 0.746. The van der Waals surface area contributed by atoms with E-state index in [0.717, 1.165) is 18.7 Å². The van der Waals surface area contributed by atoms with E-state index in [0.29, 0.717) is 0 Å². The average molecular weight is 341 g/mol. The molecule has 5 nitrogen and oxygen atoms in total. The molecule has 0 aliphatic carbocycles. The van der Waals surface area contributed by atoms with Gasteiger partial charge >= 0.3 is 5.97 Å². The van der Waals surface area contributed by atoms with Gasteiger partial charge in [-0.2, -0.15) is 0 Å². The van der Waals surface area contributed by atoms with Crippen LogP contribution in [0.2, 0.25) is 0 Å². The number of benzene rings is 2. The van der Waals surface area contributed by atoms with Crippen LogP contribution < -0.4 is 4.90 Å². The van der Waals surface area contributed by atoms with E-state index >= 15 is 0 Å². The summed E-state index contributed by atoms with van der Waals surface area (Å²) in [6, 6.07) is 11.2. The Kier molecular flexibility index (Phi) is 5.80. The summed E-state index contributed by atoms with van der Waals surface area (Å²) in [6.07, 6.45) is 0.964. The van der Waals surface area contributed by atoms with Crippen molar-refractivity contribution in [3.63, 3.8) is 0 Å². The van der Waals surface area contributed by atoms with Crippen LogP contribution >= 0.6 is 0 Å². The van der Waals surface area contributed by atoms with Crippen molar-refractivity contribution in [3.8, 4) is 5.75 Å². The lowest BCUT2D eigenvalue weighted by molar-refractivity contribution is 0.0692. The lowest BCUT2D eigenvalue weighted by Gasteiger charge is -2.29. The van der Waals surface area contributed by atoms with Crippen molar-refractivity contribution in [2.45, 2.75) is 33.2 Å². The summed E-state index contributed by atoms with van der Waals surface area (Å²) in [5.74, 6) is -1.83. The molecule has 0 aliphatic rings. The van der Waals surface area contributed by atoms with Crippen molar-refractivity contribution in [2.24, 2.45) is 0 Å². The maximum absolute atomic E-state index is 12.7. The van der Waals surface area contributed by atoms with Crippen LogP contribution in [0.1, 0.15) is 53.5 Å². The van der Waals surface area contributed by atoms with E-state index < -0.39 is 11.8 Å². The number of carboxylic acids is 1. The fourth-order valence-corrected chi connectivity index (χ4v) is 2.83. The van der Waals surface area contributed by atoms with Crippen molar-refractivity contribution in [1.82, 2.24) is 0 Å². The van der Waals surface area contributed by atoms with Gasteiger partial charge in [0.1, 0.15) is 5.75 Å². The van der Waals surface area contributed by atoms with Crippen LogP contribution in [0, 0.1) is 0 Å². The Hall–Kier alpha value is -2.82. The Morgan fingerprint density at radius 3 is 2.20 bits per heavy atom. The SMILES string of the molecule is CCCN(c1ccc(C(=O)c2ccccc2C(=O)O)c(O)c1)C(C)C. The Morgan fingerprint density at radius 2 is 1.68 bits per heavy atom. The normalized spacial score (nSPS) is 10.7. The molecule has 0 saturated heterocycles. The summed E-state index contributed by atoms with van der Waals surface area (Å²) in [6.45, 7) is 7.05. The highest BCUT2D eigenvalue weighted by atomic mass is 16.4. The number of carbonyl (C=O) groups is 2. The van der Waals surface area contributed by atoms with Gasteiger partial charge in [0.15, 0.2) is 5.78 Å². The van der Waals surface area contributed by atoms with E-state index in [1.54, 1.807) is 30.3 Å². The molecular formula is C20H23NO4. The number of carbonyl (C=O) groups excluding carboxylic acids is 1. The van der Waals surface area contributed by atoms with Gasteiger partial charge in [-0.1, -0.05) is 25.1 Å². The summed E-state index contributed by atoms with van der Waals surface area (Å²) in [5.41, 5.74) is 0.910. The minimum absolute atomic E-state index is 0.0623. The summed E-state index contributed by atoms with van der Waals surface area (Å²) < 4.78 is 0. The van der Waals surface area contributed by atoms with E-state index in [1.165, 1.54) is 12.1 Å². The van der Waals surface area contributed by atoms with Gasteiger partial charge in [-0.15, -0.1) is 0 Å². The number of aromatic hydroxyl groups is 1. The lowest BCUT2D eigenvalue weighted by atomic mass is 9.97. The predicted octanol–water partition coefficient (Wildman–Crippen LogP) is 3.95.